The first-order valence-electron chi connectivity index (χ1n) is 8.40. The number of carbonyl (C=O) groups is 3. The molecular weight excluding hydrogens is 384 g/mol. The molecule has 1 saturated heterocycles. The number of rotatable bonds is 4. The number of para-hydroxylation sites is 1. The number of sulfonamides is 1. The largest absolute Gasteiger partial charge is 0.465 e. The summed E-state index contributed by atoms with van der Waals surface area (Å²) in [6.07, 6.45) is 0. The molecule has 1 atom stereocenters. The number of nitrogens with zero attached hydrogens (tertiary/aromatic N) is 1. The number of nitrogens with one attached hydrogen (secondary N) is 1. The van der Waals surface area contributed by atoms with Gasteiger partial charge >= 0.3 is 5.97 Å². The summed E-state index contributed by atoms with van der Waals surface area (Å²) in [6.45, 7) is 1.56. The molecule has 1 heterocycles. The zero-order chi connectivity index (χ0) is 20.5. The molecule has 3 rings (SSSR count). The Morgan fingerprint density at radius 2 is 1.75 bits per heavy atom. The quantitative estimate of drug-likeness (QED) is 0.784. The molecule has 1 fully saturated rings. The first-order chi connectivity index (χ1) is 13.2. The van der Waals surface area contributed by atoms with Crippen LogP contribution in [-0.2, 0) is 19.6 Å². The molecule has 0 radical (unpaired) electrons. The van der Waals surface area contributed by atoms with Gasteiger partial charge in [0.05, 0.1) is 35.7 Å². The average Bonchev–Trinajstić information content (AvgIpc) is 2.88. The lowest BCUT2D eigenvalue weighted by Gasteiger charge is -2.15. The maximum absolute atomic E-state index is 12.5. The smallest absolute Gasteiger partial charge is 0.339 e. The van der Waals surface area contributed by atoms with Crippen LogP contribution in [0.2, 0.25) is 0 Å². The summed E-state index contributed by atoms with van der Waals surface area (Å²) in [6, 6.07) is 12.0. The minimum absolute atomic E-state index is 0.181. The molecule has 2 amide bonds. The number of carbonyl (C=O) groups excluding carboxylic acids is 3. The number of ether oxygens (including phenoxy) is 1. The van der Waals surface area contributed by atoms with E-state index in [4.69, 9.17) is 4.74 Å². The number of hydrogen-bond donors (Lipinski definition) is 1. The number of anilines is 2. The molecule has 1 aliphatic rings. The van der Waals surface area contributed by atoms with Gasteiger partial charge in [-0.05, 0) is 36.4 Å². The van der Waals surface area contributed by atoms with Crippen LogP contribution < -0.4 is 9.62 Å². The van der Waals surface area contributed by atoms with Crippen molar-refractivity contribution in [3.63, 3.8) is 0 Å². The lowest BCUT2D eigenvalue weighted by atomic mass is 10.1. The van der Waals surface area contributed by atoms with Gasteiger partial charge in [0.15, 0.2) is 0 Å². The minimum atomic E-state index is -3.71. The number of esters is 1. The van der Waals surface area contributed by atoms with Gasteiger partial charge in [-0.25, -0.2) is 17.5 Å². The van der Waals surface area contributed by atoms with Crippen LogP contribution in [0.25, 0.3) is 0 Å². The second-order valence-corrected chi connectivity index (χ2v) is 8.18. The summed E-state index contributed by atoms with van der Waals surface area (Å²) in [5.74, 6) is -2.42. The second-order valence-electron chi connectivity index (χ2n) is 6.32. The molecule has 28 heavy (non-hydrogen) atoms. The van der Waals surface area contributed by atoms with Crippen molar-refractivity contribution in [1.29, 1.82) is 0 Å². The van der Waals surface area contributed by atoms with Gasteiger partial charge in [0.1, 0.15) is 0 Å². The summed E-state index contributed by atoms with van der Waals surface area (Å²) in [4.78, 5) is 36.4. The van der Waals surface area contributed by atoms with E-state index in [1.165, 1.54) is 37.4 Å². The van der Waals surface area contributed by atoms with Crippen LogP contribution in [-0.4, -0.2) is 39.1 Å². The standard InChI is InChI=1S/C19H18N2O6S/c1-12-11-28(25,26)21(18(12)23)14-9-7-13(8-10-14)17(22)20-16-6-4-3-5-15(16)19(24)27-2/h3-10,12H,11H2,1-2H3,(H,20,22)/t12-/m0/s1. The number of benzene rings is 2. The van der Waals surface area contributed by atoms with Crippen molar-refractivity contribution in [3.05, 3.63) is 59.7 Å². The third kappa shape index (κ3) is 3.61. The Hall–Kier alpha value is -3.20. The molecule has 2 aromatic rings. The van der Waals surface area contributed by atoms with Crippen LogP contribution in [0.4, 0.5) is 11.4 Å². The van der Waals surface area contributed by atoms with Gasteiger partial charge in [0.2, 0.25) is 15.9 Å². The van der Waals surface area contributed by atoms with E-state index in [0.29, 0.717) is 0 Å². The number of amides is 2. The molecule has 0 spiro atoms. The molecule has 0 bridgehead atoms. The second kappa shape index (κ2) is 7.43. The van der Waals surface area contributed by atoms with E-state index in [1.54, 1.807) is 25.1 Å². The van der Waals surface area contributed by atoms with E-state index < -0.39 is 33.7 Å². The molecule has 1 N–H and O–H groups in total. The first-order valence-corrected chi connectivity index (χ1v) is 10.0. The average molecular weight is 402 g/mol. The highest BCUT2D eigenvalue weighted by Crippen LogP contribution is 2.28. The van der Waals surface area contributed by atoms with Crippen molar-refractivity contribution < 1.29 is 27.5 Å². The predicted molar refractivity (Wildman–Crippen MR) is 103 cm³/mol. The Kier molecular flexibility index (Phi) is 5.19. The maximum Gasteiger partial charge on any atom is 0.339 e. The molecule has 2 aromatic carbocycles. The van der Waals surface area contributed by atoms with Gasteiger partial charge in [-0.3, -0.25) is 9.59 Å². The van der Waals surface area contributed by atoms with Gasteiger partial charge < -0.3 is 10.1 Å². The Morgan fingerprint density at radius 1 is 1.11 bits per heavy atom. The van der Waals surface area contributed by atoms with Crippen LogP contribution in [0.3, 0.4) is 0 Å². The summed E-state index contributed by atoms with van der Waals surface area (Å²) >= 11 is 0. The summed E-state index contributed by atoms with van der Waals surface area (Å²) in [5, 5.41) is 2.62. The van der Waals surface area contributed by atoms with E-state index in [0.717, 1.165) is 4.31 Å². The van der Waals surface area contributed by atoms with Crippen molar-refractivity contribution in [3.8, 4) is 0 Å². The van der Waals surface area contributed by atoms with Crippen LogP contribution in [0.15, 0.2) is 48.5 Å². The lowest BCUT2D eigenvalue weighted by molar-refractivity contribution is -0.119. The Bertz CT molecular complexity index is 1050. The third-order valence-electron chi connectivity index (χ3n) is 4.31. The van der Waals surface area contributed by atoms with Gasteiger partial charge in [0, 0.05) is 5.56 Å². The fraction of sp³-hybridized carbons (Fsp3) is 0.211. The third-order valence-corrected chi connectivity index (χ3v) is 6.17. The van der Waals surface area contributed by atoms with Crippen molar-refractivity contribution in [2.45, 2.75) is 6.92 Å². The van der Waals surface area contributed by atoms with Crippen molar-refractivity contribution in [1.82, 2.24) is 0 Å². The summed E-state index contributed by atoms with van der Waals surface area (Å²) in [7, 11) is -2.46. The Balaban J connectivity index is 1.82. The highest BCUT2D eigenvalue weighted by molar-refractivity contribution is 7.94. The van der Waals surface area contributed by atoms with E-state index in [9.17, 15) is 22.8 Å². The van der Waals surface area contributed by atoms with E-state index in [-0.39, 0.29) is 28.3 Å². The van der Waals surface area contributed by atoms with Gasteiger partial charge in [0.25, 0.3) is 5.91 Å². The van der Waals surface area contributed by atoms with Gasteiger partial charge in [-0.2, -0.15) is 0 Å². The zero-order valence-corrected chi connectivity index (χ0v) is 16.0. The Labute approximate surface area is 162 Å². The minimum Gasteiger partial charge on any atom is -0.465 e. The fourth-order valence-electron chi connectivity index (χ4n) is 2.91. The molecular formula is C19H18N2O6S. The molecule has 0 aliphatic carbocycles. The van der Waals surface area contributed by atoms with E-state index in [1.807, 2.05) is 0 Å². The molecule has 146 valence electrons. The lowest BCUT2D eigenvalue weighted by Crippen LogP contribution is -2.30. The van der Waals surface area contributed by atoms with Crippen LogP contribution >= 0.6 is 0 Å². The predicted octanol–water partition coefficient (Wildman–Crippen LogP) is 2.04. The highest BCUT2D eigenvalue weighted by Gasteiger charge is 2.41. The molecule has 8 nitrogen and oxygen atoms in total. The first kappa shape index (κ1) is 19.6. The summed E-state index contributed by atoms with van der Waals surface area (Å²) < 4.78 is 29.8. The molecule has 0 aromatic heterocycles. The van der Waals surface area contributed by atoms with E-state index in [2.05, 4.69) is 5.32 Å². The van der Waals surface area contributed by atoms with Crippen LogP contribution in [0.1, 0.15) is 27.6 Å². The van der Waals surface area contributed by atoms with Gasteiger partial charge in [-0.1, -0.05) is 19.1 Å². The molecule has 0 saturated carbocycles. The van der Waals surface area contributed by atoms with Crippen LogP contribution in [0.5, 0.6) is 0 Å². The normalized spacial score (nSPS) is 18.0. The summed E-state index contributed by atoms with van der Waals surface area (Å²) in [5.41, 5.74) is 0.911. The molecule has 9 heteroatoms. The topological polar surface area (TPSA) is 110 Å². The van der Waals surface area contributed by atoms with Crippen LogP contribution in [0, 0.1) is 5.92 Å². The SMILES string of the molecule is COC(=O)c1ccccc1NC(=O)c1ccc(N2C(=O)[C@@H](C)CS2(=O)=O)cc1. The maximum atomic E-state index is 12.5. The molecule has 1 aliphatic heterocycles. The number of methoxy groups -OCH3 is 1. The van der Waals surface area contributed by atoms with Gasteiger partial charge in [-0.15, -0.1) is 0 Å². The van der Waals surface area contributed by atoms with Crippen molar-refractivity contribution in [2.24, 2.45) is 5.92 Å². The highest BCUT2D eigenvalue weighted by atomic mass is 32.2. The van der Waals surface area contributed by atoms with E-state index >= 15 is 0 Å². The zero-order valence-electron chi connectivity index (χ0n) is 15.2. The van der Waals surface area contributed by atoms with Crippen molar-refractivity contribution in [2.75, 3.05) is 22.5 Å². The fourth-order valence-corrected chi connectivity index (χ4v) is 4.73. The van der Waals surface area contributed by atoms with Crippen molar-refractivity contribution >= 4 is 39.2 Å². The molecule has 0 unspecified atom stereocenters. The monoisotopic (exact) mass is 402 g/mol. The Morgan fingerprint density at radius 3 is 2.32 bits per heavy atom. The number of hydrogen-bond acceptors (Lipinski definition) is 6.